The molecule has 0 aliphatic rings. The molecule has 4 aromatic carbocycles. The van der Waals surface area contributed by atoms with Crippen LogP contribution in [-0.2, 0) is 0 Å². The Kier molecular flexibility index (Phi) is 4.55. The first-order valence-electron chi connectivity index (χ1n) is 9.46. The summed E-state index contributed by atoms with van der Waals surface area (Å²) in [6.07, 6.45) is 0. The molecular formula is C26H17ClN2. The van der Waals surface area contributed by atoms with Crippen LogP contribution in [0, 0.1) is 0 Å². The second-order valence-electron chi connectivity index (χ2n) is 6.91. The molecule has 1 aromatic heterocycles. The van der Waals surface area contributed by atoms with E-state index in [1.165, 1.54) is 21.9 Å². The molecule has 0 radical (unpaired) electrons. The van der Waals surface area contributed by atoms with Crippen LogP contribution >= 0.6 is 11.6 Å². The largest absolute Gasteiger partial charge is 0.228 e. The Balaban J connectivity index is 1.61. The lowest BCUT2D eigenvalue weighted by atomic mass is 9.99. The third-order valence-electron chi connectivity index (χ3n) is 4.97. The van der Waals surface area contributed by atoms with Crippen LogP contribution in [0.2, 0.25) is 5.15 Å². The Morgan fingerprint density at radius 1 is 0.483 bits per heavy atom. The Morgan fingerprint density at radius 2 is 1.10 bits per heavy atom. The fourth-order valence-corrected chi connectivity index (χ4v) is 3.68. The lowest BCUT2D eigenvalue weighted by molar-refractivity contribution is 1.18. The molecule has 2 nitrogen and oxygen atoms in total. The van der Waals surface area contributed by atoms with Crippen LogP contribution in [0.15, 0.2) is 103 Å². The quantitative estimate of drug-likeness (QED) is 0.301. The predicted octanol–water partition coefficient (Wildman–Crippen LogP) is 7.28. The molecule has 0 N–H and O–H groups in total. The first kappa shape index (κ1) is 17.6. The van der Waals surface area contributed by atoms with E-state index >= 15 is 0 Å². The molecule has 5 rings (SSSR count). The highest BCUT2D eigenvalue weighted by atomic mass is 35.5. The average Bonchev–Trinajstić information content (AvgIpc) is 2.79. The molecule has 0 aliphatic carbocycles. The van der Waals surface area contributed by atoms with E-state index in [0.717, 1.165) is 16.8 Å². The molecule has 3 heteroatoms. The summed E-state index contributed by atoms with van der Waals surface area (Å²) in [7, 11) is 0. The Hall–Kier alpha value is -3.49. The van der Waals surface area contributed by atoms with Gasteiger partial charge in [0.25, 0.3) is 0 Å². The fourth-order valence-electron chi connectivity index (χ4n) is 3.50. The van der Waals surface area contributed by atoms with Crippen molar-refractivity contribution in [3.05, 3.63) is 108 Å². The van der Waals surface area contributed by atoms with E-state index in [0.29, 0.717) is 11.0 Å². The lowest BCUT2D eigenvalue weighted by Crippen LogP contribution is -1.93. The average molecular weight is 393 g/mol. The van der Waals surface area contributed by atoms with Crippen molar-refractivity contribution in [2.45, 2.75) is 0 Å². The van der Waals surface area contributed by atoms with Gasteiger partial charge in [0, 0.05) is 17.2 Å². The van der Waals surface area contributed by atoms with Gasteiger partial charge in [-0.2, -0.15) is 0 Å². The third-order valence-corrected chi connectivity index (χ3v) is 5.16. The highest BCUT2D eigenvalue weighted by Gasteiger charge is 2.09. The van der Waals surface area contributed by atoms with Gasteiger partial charge in [0.2, 0.25) is 0 Å². The maximum absolute atomic E-state index is 6.32. The number of rotatable bonds is 3. The minimum Gasteiger partial charge on any atom is -0.228 e. The van der Waals surface area contributed by atoms with Gasteiger partial charge in [0.15, 0.2) is 5.82 Å². The van der Waals surface area contributed by atoms with Gasteiger partial charge in [-0.3, -0.25) is 0 Å². The van der Waals surface area contributed by atoms with Gasteiger partial charge < -0.3 is 0 Å². The monoisotopic (exact) mass is 392 g/mol. The molecule has 0 saturated carbocycles. The summed E-state index contributed by atoms with van der Waals surface area (Å²) in [4.78, 5) is 9.17. The van der Waals surface area contributed by atoms with E-state index in [2.05, 4.69) is 65.6 Å². The number of hydrogen-bond donors (Lipinski definition) is 0. The van der Waals surface area contributed by atoms with E-state index < -0.39 is 0 Å². The van der Waals surface area contributed by atoms with Gasteiger partial charge in [0.1, 0.15) is 5.15 Å². The van der Waals surface area contributed by atoms with Crippen molar-refractivity contribution in [2.75, 3.05) is 0 Å². The molecule has 1 heterocycles. The van der Waals surface area contributed by atoms with E-state index in [4.69, 9.17) is 16.6 Å². The van der Waals surface area contributed by atoms with Crippen LogP contribution in [-0.4, -0.2) is 9.97 Å². The highest BCUT2D eigenvalue weighted by molar-refractivity contribution is 6.29. The van der Waals surface area contributed by atoms with Crippen molar-refractivity contribution in [1.29, 1.82) is 0 Å². The van der Waals surface area contributed by atoms with E-state index in [-0.39, 0.29) is 0 Å². The van der Waals surface area contributed by atoms with E-state index in [1.807, 2.05) is 42.5 Å². The van der Waals surface area contributed by atoms with Gasteiger partial charge in [-0.05, 0) is 34.0 Å². The maximum atomic E-state index is 6.32. The Labute approximate surface area is 174 Å². The van der Waals surface area contributed by atoms with Crippen LogP contribution in [0.4, 0.5) is 0 Å². The molecule has 5 aromatic rings. The Morgan fingerprint density at radius 3 is 1.83 bits per heavy atom. The smallest absolute Gasteiger partial charge is 0.161 e. The molecule has 0 spiro atoms. The van der Waals surface area contributed by atoms with Crippen LogP contribution in [0.3, 0.4) is 0 Å². The second kappa shape index (κ2) is 7.50. The van der Waals surface area contributed by atoms with Crippen molar-refractivity contribution in [3.8, 4) is 33.8 Å². The molecule has 0 atom stereocenters. The molecule has 138 valence electrons. The van der Waals surface area contributed by atoms with Crippen molar-refractivity contribution in [1.82, 2.24) is 9.97 Å². The molecule has 0 aliphatic heterocycles. The number of benzene rings is 4. The van der Waals surface area contributed by atoms with E-state index in [9.17, 15) is 0 Å². The molecule has 0 saturated heterocycles. The van der Waals surface area contributed by atoms with Crippen molar-refractivity contribution < 1.29 is 0 Å². The number of nitrogens with zero attached hydrogens (tertiary/aromatic N) is 2. The third kappa shape index (κ3) is 3.63. The summed E-state index contributed by atoms with van der Waals surface area (Å²) in [5.74, 6) is 0.631. The maximum Gasteiger partial charge on any atom is 0.161 e. The summed E-state index contributed by atoms with van der Waals surface area (Å²) in [5.41, 5.74) is 5.18. The zero-order chi connectivity index (χ0) is 19.6. The van der Waals surface area contributed by atoms with E-state index in [1.54, 1.807) is 0 Å². The number of aromatic nitrogens is 2. The lowest BCUT2D eigenvalue weighted by Gasteiger charge is -2.08. The van der Waals surface area contributed by atoms with Gasteiger partial charge in [-0.1, -0.05) is 96.5 Å². The normalized spacial score (nSPS) is 10.9. The minimum atomic E-state index is 0.437. The topological polar surface area (TPSA) is 25.8 Å². The number of fused-ring (bicyclic) bond motifs is 1. The van der Waals surface area contributed by atoms with Crippen LogP contribution in [0.25, 0.3) is 44.5 Å². The zero-order valence-electron chi connectivity index (χ0n) is 15.6. The predicted molar refractivity (Wildman–Crippen MR) is 121 cm³/mol. The molecular weight excluding hydrogens is 376 g/mol. The first-order valence-corrected chi connectivity index (χ1v) is 9.84. The molecule has 0 amide bonds. The molecule has 0 fully saturated rings. The summed E-state index contributed by atoms with van der Waals surface area (Å²) < 4.78 is 0. The van der Waals surface area contributed by atoms with Gasteiger partial charge >= 0.3 is 0 Å². The summed E-state index contributed by atoms with van der Waals surface area (Å²) in [5, 5.41) is 2.80. The summed E-state index contributed by atoms with van der Waals surface area (Å²) in [6, 6.07) is 35.0. The number of hydrogen-bond acceptors (Lipinski definition) is 2. The summed E-state index contributed by atoms with van der Waals surface area (Å²) >= 11 is 6.32. The van der Waals surface area contributed by atoms with Crippen molar-refractivity contribution in [2.24, 2.45) is 0 Å². The molecule has 0 bridgehead atoms. The SMILES string of the molecule is Clc1cc(-c2ccc3ccc(-c4ccccc4)cc3c2)nc(-c2ccccc2)n1. The van der Waals surface area contributed by atoms with Crippen LogP contribution < -0.4 is 0 Å². The van der Waals surface area contributed by atoms with Gasteiger partial charge in [-0.25, -0.2) is 9.97 Å². The van der Waals surface area contributed by atoms with Crippen LogP contribution in [0.5, 0.6) is 0 Å². The second-order valence-corrected chi connectivity index (χ2v) is 7.30. The fraction of sp³-hybridized carbons (Fsp3) is 0. The zero-order valence-corrected chi connectivity index (χ0v) is 16.3. The van der Waals surface area contributed by atoms with Gasteiger partial charge in [0.05, 0.1) is 5.69 Å². The molecule has 0 unspecified atom stereocenters. The van der Waals surface area contributed by atoms with Gasteiger partial charge in [-0.15, -0.1) is 0 Å². The van der Waals surface area contributed by atoms with Crippen LogP contribution in [0.1, 0.15) is 0 Å². The first-order chi connectivity index (χ1) is 14.3. The van der Waals surface area contributed by atoms with Crippen molar-refractivity contribution in [3.63, 3.8) is 0 Å². The Bertz CT molecular complexity index is 1300. The molecule has 29 heavy (non-hydrogen) atoms. The van der Waals surface area contributed by atoms with Crippen molar-refractivity contribution >= 4 is 22.4 Å². The standard InChI is InChI=1S/C26H17ClN2/c27-25-17-24(28-26(29-25)20-9-5-2-6-10-20)22-14-12-19-11-13-21(15-23(19)16-22)18-7-3-1-4-8-18/h1-17H. The summed E-state index contributed by atoms with van der Waals surface area (Å²) in [6.45, 7) is 0. The highest BCUT2D eigenvalue weighted by Crippen LogP contribution is 2.29. The minimum absolute atomic E-state index is 0.437. The number of halogens is 1.